The summed E-state index contributed by atoms with van der Waals surface area (Å²) in [7, 11) is -1.01. The van der Waals surface area contributed by atoms with Gasteiger partial charge in [0, 0.05) is 69.1 Å². The molecule has 5 aliphatic carbocycles. The predicted octanol–water partition coefficient (Wildman–Crippen LogP) is 4.52. The summed E-state index contributed by atoms with van der Waals surface area (Å²) < 4.78 is 139. The molecule has 5 aliphatic heterocycles. The lowest BCUT2D eigenvalue weighted by Gasteiger charge is -2.24. The molecule has 4 unspecified atom stereocenters. The molecule has 8 aromatic carbocycles. The summed E-state index contributed by atoms with van der Waals surface area (Å²) in [5.74, 6) is -7.11. The van der Waals surface area contributed by atoms with Gasteiger partial charge in [-0.25, -0.2) is 62.6 Å². The predicted molar refractivity (Wildman–Crippen MR) is 378 cm³/mol. The van der Waals surface area contributed by atoms with Gasteiger partial charge in [-0.1, -0.05) is 35.5 Å². The zero-order valence-corrected chi connectivity index (χ0v) is 60.4. The number of halogens is 7. The van der Waals surface area contributed by atoms with Crippen LogP contribution in [0.2, 0.25) is 0 Å². The molecule has 116 heavy (non-hydrogen) atoms. The van der Waals surface area contributed by atoms with Crippen LogP contribution in [0.5, 0.6) is 11.5 Å². The molecular formula is C74H51F7N21O13S+. The molecule has 11 aromatic rings. The Morgan fingerprint density at radius 2 is 1.04 bits per heavy atom. The Morgan fingerprint density at radius 1 is 0.552 bits per heavy atom. The smallest absolute Gasteiger partial charge is 0.339 e. The van der Waals surface area contributed by atoms with Crippen molar-refractivity contribution in [2.45, 2.75) is 66.7 Å². The average Bonchev–Trinajstić information content (AvgIpc) is 1.55. The van der Waals surface area contributed by atoms with Crippen molar-refractivity contribution < 1.29 is 96.5 Å². The second-order valence-electron chi connectivity index (χ2n) is 28.1. The maximum Gasteiger partial charge on any atom is 0.339 e. The second kappa shape index (κ2) is 25.9. The van der Waals surface area contributed by atoms with Gasteiger partial charge in [0.15, 0.2) is 56.3 Å². The number of benzene rings is 8. The first-order chi connectivity index (χ1) is 55.4. The number of aromatic nitrogens is 12. The van der Waals surface area contributed by atoms with E-state index in [1.807, 2.05) is 19.1 Å². The van der Waals surface area contributed by atoms with Crippen LogP contribution in [0.1, 0.15) is 74.3 Å². The summed E-state index contributed by atoms with van der Waals surface area (Å²) in [6.07, 6.45) is 0.802. The van der Waals surface area contributed by atoms with E-state index < -0.39 is 138 Å². The Labute approximate surface area is 644 Å². The number of ether oxygens (including phenoxy) is 2. The van der Waals surface area contributed by atoms with Crippen molar-refractivity contribution in [1.29, 1.82) is 0 Å². The SMILES string of the molecule is CN(C(=O)Cc1cc(F)cc2c1-c1ccc(F)cc1C21NC(=O)NC1=O)S(=O)(=O)C1CC1.Cc1cc(-c2nn[nH]n2)c2c(c1)C1(NC(=O)NC1=O)c1cc(F)ccc1-2.Cn1nnc(CCOc2cc3c(cc2F)C2(NC(=O)NC2=O)c2cc(F)ccc2-3)n1.O=C1NC(=O)C2(N1)c1cc(F)ccc1-c1c2cc(F)c2c1-c1nn[nH][n+]1CO2. The van der Waals surface area contributed by atoms with E-state index in [0.717, 1.165) is 55.1 Å². The van der Waals surface area contributed by atoms with Gasteiger partial charge >= 0.3 is 29.9 Å². The number of carbonyl (C=O) groups is 9. The van der Waals surface area contributed by atoms with Crippen LogP contribution in [0.3, 0.4) is 0 Å². The highest BCUT2D eigenvalue weighted by Gasteiger charge is 2.61. The Kier molecular flexibility index (Phi) is 16.3. The molecule has 13 amide bonds. The van der Waals surface area contributed by atoms with Crippen molar-refractivity contribution in [1.82, 2.24) is 103 Å². The minimum Gasteiger partial charge on any atom is -0.490 e. The fraction of sp³-hybridized carbons (Fsp3) is 0.189. The highest BCUT2D eigenvalue weighted by molar-refractivity contribution is 7.90. The molecule has 10 aliphatic rings. The second-order valence-corrected chi connectivity index (χ2v) is 30.3. The molecule has 8 heterocycles. The number of urea groups is 4. The number of nitrogens with zero attached hydrogens (tertiary/aromatic N) is 11. The molecule has 34 nitrogen and oxygen atoms in total. The first-order valence-corrected chi connectivity index (χ1v) is 36.4. The topological polar surface area (TPSA) is 449 Å². The fourth-order valence-corrected chi connectivity index (χ4v) is 18.0. The lowest BCUT2D eigenvalue weighted by molar-refractivity contribution is -0.771. The summed E-state index contributed by atoms with van der Waals surface area (Å²) in [5, 5.41) is 54.3. The van der Waals surface area contributed by atoms with E-state index in [0.29, 0.717) is 96.7 Å². The molecule has 5 fully saturated rings. The standard InChI is InChI=1S/C21H17F2N3O5S.C19H14F2N6O3.C17H8F2N6O3.C17H11FN6O2/c1-26(32(30,31)13-3-4-13)17(27)7-10-6-12(23)9-16-18(10)14-5-2-11(22)8-15(14)21(16)19(28)24-20(29)25-21;1-27-25-16(24-26-27)4-5-30-15-7-11-10-3-2-9(20)6-12(10)19(13(11)8-14(15)21)17(28)22-18(29)23-19;18-6-1-2-7-8(3-6)17(15(26)20-16(27)21-17)9-4-10(19)13-12(11(7)9)14-22-23-24-25(14)5-28-13;1-7-4-10(14-21-23-24-22-14)13-9-3-2-8(18)6-11(9)17(12(13)5-7)15(25)19-16(26)20-17/h2,5-6,8-9,13H,3-4,7H2,1H3,(H2,24,25,28,29);2-3,6-8H,4-5H2,1H3,(H2,22,23,28,29);1-4H,5H2,(H2,20,21,26,27);2-6H,1H3,(H2,19,20,25,26)(H,21,22,23,24)/p+1. The van der Waals surface area contributed by atoms with Gasteiger partial charge < -0.3 is 30.7 Å². The van der Waals surface area contributed by atoms with Crippen LogP contribution in [-0.4, -0.2) is 142 Å². The number of tetrazole rings is 3. The van der Waals surface area contributed by atoms with Gasteiger partial charge in [0.05, 0.1) is 25.3 Å². The van der Waals surface area contributed by atoms with Gasteiger partial charge in [-0.3, -0.25) is 45.2 Å². The third kappa shape index (κ3) is 10.8. The number of imide groups is 4. The highest BCUT2D eigenvalue weighted by Crippen LogP contribution is 2.58. The van der Waals surface area contributed by atoms with Crippen LogP contribution >= 0.6 is 0 Å². The molecule has 584 valence electrons. The van der Waals surface area contributed by atoms with Crippen LogP contribution in [0.15, 0.2) is 115 Å². The largest absolute Gasteiger partial charge is 0.490 e. The van der Waals surface area contributed by atoms with Crippen molar-refractivity contribution in [3.63, 3.8) is 0 Å². The van der Waals surface area contributed by atoms with E-state index >= 15 is 0 Å². The van der Waals surface area contributed by atoms with E-state index in [1.165, 1.54) is 64.1 Å². The first kappa shape index (κ1) is 72.8. The Bertz CT molecular complexity index is 6470. The minimum atomic E-state index is -3.79. The van der Waals surface area contributed by atoms with Crippen molar-refractivity contribution >= 4 is 63.7 Å². The molecule has 0 bridgehead atoms. The summed E-state index contributed by atoms with van der Waals surface area (Å²) in [4.78, 5) is 113. The first-order valence-electron chi connectivity index (χ1n) is 34.9. The fourth-order valence-electron chi connectivity index (χ4n) is 16.4. The normalized spacial score (nSPS) is 20.3. The number of sulfonamides is 1. The van der Waals surface area contributed by atoms with Gasteiger partial charge in [0.1, 0.15) is 39.7 Å². The molecule has 4 saturated heterocycles. The van der Waals surface area contributed by atoms with Crippen molar-refractivity contribution in [3.05, 3.63) is 217 Å². The number of likely N-dealkylation sites (N-methyl/N-ethyl adjacent to an activating group) is 1. The van der Waals surface area contributed by atoms with Crippen LogP contribution in [-0.2, 0) is 82.8 Å². The number of H-pyrrole nitrogens is 2. The zero-order valence-electron chi connectivity index (χ0n) is 59.6. The van der Waals surface area contributed by atoms with E-state index in [4.69, 9.17) is 9.47 Å². The summed E-state index contributed by atoms with van der Waals surface area (Å²) in [5.41, 5.74) is 0.840. The van der Waals surface area contributed by atoms with E-state index in [1.54, 1.807) is 13.1 Å². The molecule has 4 atom stereocenters. The number of rotatable bonds is 9. The van der Waals surface area contributed by atoms with Crippen LogP contribution in [0.4, 0.5) is 49.9 Å². The lowest BCUT2D eigenvalue weighted by Crippen LogP contribution is -2.44. The molecule has 21 rings (SSSR count). The number of hydrogen-bond donors (Lipinski definition) is 10. The summed E-state index contributed by atoms with van der Waals surface area (Å²) in [6.45, 7) is 1.93. The molecular weight excluding hydrogens is 1560 g/mol. The monoisotopic (exact) mass is 1610 g/mol. The molecule has 42 heteroatoms. The Morgan fingerprint density at radius 3 is 1.56 bits per heavy atom. The van der Waals surface area contributed by atoms with Crippen molar-refractivity contribution in [2.24, 2.45) is 7.05 Å². The maximum atomic E-state index is 15.0. The average molecular weight is 1610 g/mol. The van der Waals surface area contributed by atoms with Crippen LogP contribution in [0.25, 0.3) is 67.3 Å². The van der Waals surface area contributed by atoms with Crippen LogP contribution < -0.4 is 56.7 Å². The molecule has 1 saturated carbocycles. The Balaban J connectivity index is 0.000000107. The third-order valence-electron chi connectivity index (χ3n) is 21.4. The van der Waals surface area contributed by atoms with Gasteiger partial charge in [-0.2, -0.15) is 10.0 Å². The van der Waals surface area contributed by atoms with E-state index in [9.17, 15) is 82.3 Å². The van der Waals surface area contributed by atoms with E-state index in [2.05, 4.69) is 94.1 Å². The third-order valence-corrected chi connectivity index (χ3v) is 23.7. The van der Waals surface area contributed by atoms with Gasteiger partial charge in [-0.15, -0.1) is 25.1 Å². The van der Waals surface area contributed by atoms with Gasteiger partial charge in [0.2, 0.25) is 28.5 Å². The van der Waals surface area contributed by atoms with Crippen molar-refractivity contribution in [2.75, 3.05) is 13.7 Å². The number of fused-ring (bicyclic) bond motifs is 24. The number of aryl methyl sites for hydroxylation is 2. The molecule has 3 aromatic heterocycles. The maximum absolute atomic E-state index is 15.0. The summed E-state index contributed by atoms with van der Waals surface area (Å²) in [6, 6.07) is 22.1. The Hall–Kier alpha value is -14.7. The number of hydrogen-bond acceptors (Lipinski definition) is 21. The minimum absolute atomic E-state index is 0.0241. The quantitative estimate of drug-likeness (QED) is 0.0539. The molecule has 0 radical (unpaired) electrons. The van der Waals surface area contributed by atoms with Crippen molar-refractivity contribution in [3.8, 4) is 78.8 Å². The number of carbonyl (C=O) groups excluding carboxylic acids is 9. The zero-order chi connectivity index (χ0) is 81.3. The lowest BCUT2D eigenvalue weighted by atomic mass is 9.86. The molecule has 10 N–H and O–H groups in total. The number of aromatic amines is 2. The van der Waals surface area contributed by atoms with E-state index in [-0.39, 0.29) is 74.9 Å². The highest BCUT2D eigenvalue weighted by atomic mass is 32.2. The van der Waals surface area contributed by atoms with Crippen LogP contribution in [0, 0.1) is 47.6 Å². The molecule has 4 spiro atoms. The summed E-state index contributed by atoms with van der Waals surface area (Å²) >= 11 is 0. The number of amides is 13. The van der Waals surface area contributed by atoms with Gasteiger partial charge in [0.25, 0.3) is 23.6 Å². The van der Waals surface area contributed by atoms with Gasteiger partial charge in [-0.05, 0) is 165 Å². The number of nitrogens with one attached hydrogen (secondary N) is 10.